The van der Waals surface area contributed by atoms with E-state index < -0.39 is 61.6 Å². The number of carbonyl (C=O) groups excluding carboxylic acids is 4. The minimum atomic E-state index is -1.48. The van der Waals surface area contributed by atoms with Crippen molar-refractivity contribution < 1.29 is 34.5 Å². The van der Waals surface area contributed by atoms with Gasteiger partial charge in [0, 0.05) is 5.57 Å². The average molecular weight is 346 g/mol. The molecule has 0 spiro atoms. The number of carbonyl (C=O) groups is 4. The van der Waals surface area contributed by atoms with Gasteiger partial charge in [0.1, 0.15) is 18.1 Å². The highest BCUT2D eigenvalue weighted by molar-refractivity contribution is 5.97. The maximum absolute atomic E-state index is 11.9. The van der Waals surface area contributed by atoms with Gasteiger partial charge in [0.2, 0.25) is 23.6 Å². The zero-order valence-corrected chi connectivity index (χ0v) is 13.1. The molecule has 136 valence electrons. The Bertz CT molecular complexity index is 509. The number of primary amides is 1. The molecular weight excluding hydrogens is 324 g/mol. The van der Waals surface area contributed by atoms with Gasteiger partial charge in [0.25, 0.3) is 0 Å². The predicted octanol–water partition coefficient (Wildman–Crippen LogP) is -4.52. The first-order valence-electron chi connectivity index (χ1n) is 6.86. The Labute approximate surface area is 137 Å². The van der Waals surface area contributed by atoms with Gasteiger partial charge in [-0.05, 0) is 6.92 Å². The quantitative estimate of drug-likeness (QED) is 0.194. The van der Waals surface area contributed by atoms with Crippen molar-refractivity contribution in [2.24, 2.45) is 5.73 Å². The van der Waals surface area contributed by atoms with E-state index in [1.807, 2.05) is 5.32 Å². The van der Waals surface area contributed by atoms with Crippen molar-refractivity contribution >= 4 is 23.6 Å². The van der Waals surface area contributed by atoms with Crippen molar-refractivity contribution in [3.05, 3.63) is 12.2 Å². The van der Waals surface area contributed by atoms with E-state index in [0.29, 0.717) is 0 Å². The highest BCUT2D eigenvalue weighted by Crippen LogP contribution is 1.93. The Morgan fingerprint density at radius 3 is 1.58 bits per heavy atom. The molecule has 0 bridgehead atoms. The molecule has 8 N–H and O–H groups in total. The van der Waals surface area contributed by atoms with Gasteiger partial charge >= 0.3 is 0 Å². The maximum Gasteiger partial charge on any atom is 0.247 e. The molecule has 0 rings (SSSR count). The number of amides is 4. The van der Waals surface area contributed by atoms with E-state index in [4.69, 9.17) is 15.9 Å². The molecule has 0 fully saturated rings. The van der Waals surface area contributed by atoms with E-state index >= 15 is 0 Å². The van der Waals surface area contributed by atoms with E-state index in [0.717, 1.165) is 0 Å². The van der Waals surface area contributed by atoms with Crippen LogP contribution in [0.2, 0.25) is 0 Å². The first kappa shape index (κ1) is 21.5. The summed E-state index contributed by atoms with van der Waals surface area (Å²) in [6.07, 6.45) is 0. The molecule has 0 aromatic heterocycles. The van der Waals surface area contributed by atoms with Crippen LogP contribution in [0, 0.1) is 0 Å². The van der Waals surface area contributed by atoms with Crippen LogP contribution in [0.15, 0.2) is 12.2 Å². The van der Waals surface area contributed by atoms with Gasteiger partial charge in [0.05, 0.1) is 19.8 Å². The minimum Gasteiger partial charge on any atom is -0.394 e. The average Bonchev–Trinajstić information content (AvgIpc) is 2.53. The van der Waals surface area contributed by atoms with E-state index in [-0.39, 0.29) is 5.57 Å². The first-order chi connectivity index (χ1) is 11.2. The summed E-state index contributed by atoms with van der Waals surface area (Å²) in [5.41, 5.74) is 5.04. The predicted molar refractivity (Wildman–Crippen MR) is 81.1 cm³/mol. The Hall–Kier alpha value is -2.50. The molecule has 0 heterocycles. The van der Waals surface area contributed by atoms with Crippen molar-refractivity contribution in [3.8, 4) is 0 Å². The van der Waals surface area contributed by atoms with Crippen LogP contribution in [0.1, 0.15) is 6.92 Å². The Morgan fingerprint density at radius 1 is 0.875 bits per heavy atom. The summed E-state index contributed by atoms with van der Waals surface area (Å²) in [5, 5.41) is 33.5. The molecule has 0 aliphatic carbocycles. The Kier molecular flexibility index (Phi) is 9.23. The van der Waals surface area contributed by atoms with Crippen LogP contribution in [-0.4, -0.2) is 76.9 Å². The number of aliphatic hydroxyl groups is 3. The van der Waals surface area contributed by atoms with Gasteiger partial charge in [-0.25, -0.2) is 0 Å². The second-order valence-corrected chi connectivity index (χ2v) is 4.88. The van der Waals surface area contributed by atoms with Crippen molar-refractivity contribution in [1.82, 2.24) is 16.0 Å². The number of aliphatic hydroxyl groups excluding tert-OH is 3. The summed E-state index contributed by atoms with van der Waals surface area (Å²) >= 11 is 0. The van der Waals surface area contributed by atoms with Crippen LogP contribution in [0.5, 0.6) is 0 Å². The van der Waals surface area contributed by atoms with Gasteiger partial charge in [-0.2, -0.15) is 0 Å². The molecule has 3 unspecified atom stereocenters. The molecule has 0 aromatic rings. The molecule has 3 atom stereocenters. The van der Waals surface area contributed by atoms with Gasteiger partial charge in [-0.3, -0.25) is 19.2 Å². The molecule has 0 saturated heterocycles. The van der Waals surface area contributed by atoms with Gasteiger partial charge in [-0.15, -0.1) is 0 Å². The SMILES string of the molecule is C=C(C)C(=O)NC(CO)C(=O)NC(CO)C(=O)NC(CO)C(N)=O. The number of nitrogens with one attached hydrogen (secondary N) is 3. The summed E-state index contributed by atoms with van der Waals surface area (Å²) in [4.78, 5) is 46.2. The topological polar surface area (TPSA) is 191 Å². The van der Waals surface area contributed by atoms with Gasteiger partial charge in [-0.1, -0.05) is 6.58 Å². The molecule has 0 radical (unpaired) electrons. The third-order valence-electron chi connectivity index (χ3n) is 2.85. The number of hydrogen-bond acceptors (Lipinski definition) is 7. The fraction of sp³-hybridized carbons (Fsp3) is 0.538. The Morgan fingerprint density at radius 2 is 1.25 bits per heavy atom. The van der Waals surface area contributed by atoms with E-state index in [9.17, 15) is 24.3 Å². The van der Waals surface area contributed by atoms with E-state index in [1.165, 1.54) is 6.92 Å². The number of hydrogen-bond donors (Lipinski definition) is 7. The summed E-state index contributed by atoms with van der Waals surface area (Å²) in [6.45, 7) is 2.41. The van der Waals surface area contributed by atoms with Crippen molar-refractivity contribution in [2.45, 2.75) is 25.0 Å². The lowest BCUT2D eigenvalue weighted by molar-refractivity contribution is -0.134. The summed E-state index contributed by atoms with van der Waals surface area (Å²) in [7, 11) is 0. The van der Waals surface area contributed by atoms with Crippen LogP contribution in [0.4, 0.5) is 0 Å². The molecule has 4 amide bonds. The highest BCUT2D eigenvalue weighted by Gasteiger charge is 2.28. The zero-order valence-electron chi connectivity index (χ0n) is 13.1. The first-order valence-corrected chi connectivity index (χ1v) is 6.86. The largest absolute Gasteiger partial charge is 0.394 e. The molecular formula is C13H22N4O7. The van der Waals surface area contributed by atoms with Crippen molar-refractivity contribution in [1.29, 1.82) is 0 Å². The molecule has 0 saturated carbocycles. The van der Waals surface area contributed by atoms with Crippen LogP contribution in [-0.2, 0) is 19.2 Å². The minimum absolute atomic E-state index is 0.102. The monoisotopic (exact) mass is 346 g/mol. The number of rotatable bonds is 10. The Balaban J connectivity index is 4.86. The second-order valence-electron chi connectivity index (χ2n) is 4.88. The lowest BCUT2D eigenvalue weighted by atomic mass is 10.2. The van der Waals surface area contributed by atoms with Crippen LogP contribution in [0.25, 0.3) is 0 Å². The van der Waals surface area contributed by atoms with Crippen LogP contribution in [0.3, 0.4) is 0 Å². The standard InChI is InChI=1S/C13H22N4O7/c1-6(2)11(22)16-8(4-19)13(24)17-9(5-20)12(23)15-7(3-18)10(14)21/h7-9,18-20H,1,3-5H2,2H3,(H2,14,21)(H,15,23)(H,16,22)(H,17,24). The maximum atomic E-state index is 11.9. The fourth-order valence-corrected chi connectivity index (χ4v) is 1.42. The van der Waals surface area contributed by atoms with E-state index in [1.54, 1.807) is 0 Å². The fourth-order valence-electron chi connectivity index (χ4n) is 1.42. The zero-order chi connectivity index (χ0) is 18.9. The van der Waals surface area contributed by atoms with Crippen LogP contribution < -0.4 is 21.7 Å². The van der Waals surface area contributed by atoms with Gasteiger partial charge in [0.15, 0.2) is 0 Å². The van der Waals surface area contributed by atoms with Crippen molar-refractivity contribution in [2.75, 3.05) is 19.8 Å². The molecule has 0 aliphatic heterocycles. The lowest BCUT2D eigenvalue weighted by Gasteiger charge is -2.22. The molecule has 11 nitrogen and oxygen atoms in total. The van der Waals surface area contributed by atoms with Gasteiger partial charge < -0.3 is 37.0 Å². The lowest BCUT2D eigenvalue weighted by Crippen LogP contribution is -2.58. The number of nitrogens with two attached hydrogens (primary N) is 1. The third-order valence-corrected chi connectivity index (χ3v) is 2.85. The van der Waals surface area contributed by atoms with Crippen LogP contribution >= 0.6 is 0 Å². The summed E-state index contributed by atoms with van der Waals surface area (Å²) in [5.74, 6) is -3.60. The summed E-state index contributed by atoms with van der Waals surface area (Å²) in [6, 6.07) is -4.25. The molecule has 24 heavy (non-hydrogen) atoms. The highest BCUT2D eigenvalue weighted by atomic mass is 16.3. The normalized spacial score (nSPS) is 14.0. The summed E-state index contributed by atoms with van der Waals surface area (Å²) < 4.78 is 0. The second kappa shape index (κ2) is 10.3. The molecule has 0 aromatic carbocycles. The molecule has 0 aliphatic rings. The van der Waals surface area contributed by atoms with Crippen molar-refractivity contribution in [3.63, 3.8) is 0 Å². The van der Waals surface area contributed by atoms with E-state index in [2.05, 4.69) is 17.2 Å². The smallest absolute Gasteiger partial charge is 0.247 e. The third kappa shape index (κ3) is 6.73. The molecule has 11 heteroatoms.